The van der Waals surface area contributed by atoms with Crippen molar-refractivity contribution < 1.29 is 4.74 Å². The van der Waals surface area contributed by atoms with Gasteiger partial charge in [-0.2, -0.15) is 0 Å². The van der Waals surface area contributed by atoms with E-state index in [-0.39, 0.29) is 0 Å². The number of aryl methyl sites for hydroxylation is 1. The van der Waals surface area contributed by atoms with Crippen LogP contribution in [0.1, 0.15) is 36.4 Å². The van der Waals surface area contributed by atoms with Crippen molar-refractivity contribution in [2.45, 2.75) is 40.4 Å². The minimum Gasteiger partial charge on any atom is -0.494 e. The van der Waals surface area contributed by atoms with Crippen LogP contribution in [0.4, 0.5) is 0 Å². The highest BCUT2D eigenvalue weighted by Gasteiger charge is 2.07. The van der Waals surface area contributed by atoms with E-state index >= 15 is 0 Å². The lowest BCUT2D eigenvalue weighted by molar-refractivity contribution is 0.336. The minimum absolute atomic E-state index is 0.545. The largest absolute Gasteiger partial charge is 0.494 e. The van der Waals surface area contributed by atoms with Gasteiger partial charge < -0.3 is 19.9 Å². The van der Waals surface area contributed by atoms with Crippen LogP contribution >= 0.6 is 0 Å². The molecule has 6 heteroatoms. The van der Waals surface area contributed by atoms with Crippen molar-refractivity contribution in [3.05, 3.63) is 83.4 Å². The van der Waals surface area contributed by atoms with Crippen LogP contribution in [0.15, 0.2) is 65.9 Å². The Hall–Kier alpha value is -3.28. The molecule has 2 N–H and O–H groups in total. The second-order valence-electron chi connectivity index (χ2n) is 7.05. The lowest BCUT2D eigenvalue weighted by Gasteiger charge is -2.14. The number of rotatable bonds is 9. The number of ether oxygens (including phenoxy) is 1. The highest BCUT2D eigenvalue weighted by atomic mass is 16.5. The highest BCUT2D eigenvalue weighted by molar-refractivity contribution is 5.79. The van der Waals surface area contributed by atoms with Gasteiger partial charge in [-0.1, -0.05) is 42.5 Å². The summed E-state index contributed by atoms with van der Waals surface area (Å²) in [7, 11) is 0. The zero-order valence-corrected chi connectivity index (χ0v) is 18.1. The van der Waals surface area contributed by atoms with Crippen LogP contribution in [-0.2, 0) is 19.6 Å². The van der Waals surface area contributed by atoms with Gasteiger partial charge in [0.05, 0.1) is 19.7 Å². The maximum atomic E-state index is 5.78. The Labute approximate surface area is 179 Å². The van der Waals surface area contributed by atoms with Gasteiger partial charge in [-0.15, -0.1) is 0 Å². The molecule has 0 aliphatic carbocycles. The summed E-state index contributed by atoms with van der Waals surface area (Å²) < 4.78 is 7.93. The first-order valence-electron chi connectivity index (χ1n) is 10.5. The van der Waals surface area contributed by atoms with E-state index in [2.05, 4.69) is 76.5 Å². The molecule has 0 bridgehead atoms. The maximum Gasteiger partial charge on any atom is 0.191 e. The molecule has 0 radical (unpaired) electrons. The Morgan fingerprint density at radius 2 is 1.93 bits per heavy atom. The Morgan fingerprint density at radius 3 is 2.70 bits per heavy atom. The van der Waals surface area contributed by atoms with Crippen LogP contribution < -0.4 is 15.4 Å². The van der Waals surface area contributed by atoms with Crippen molar-refractivity contribution in [3.63, 3.8) is 0 Å². The quantitative estimate of drug-likeness (QED) is 0.419. The van der Waals surface area contributed by atoms with Crippen LogP contribution in [0.25, 0.3) is 0 Å². The predicted octanol–water partition coefficient (Wildman–Crippen LogP) is 3.89. The lowest BCUT2D eigenvalue weighted by atomic mass is 10.1. The predicted molar refractivity (Wildman–Crippen MR) is 122 cm³/mol. The molecular formula is C24H31N5O. The van der Waals surface area contributed by atoms with Gasteiger partial charge in [0.25, 0.3) is 0 Å². The number of hydrogen-bond donors (Lipinski definition) is 2. The smallest absolute Gasteiger partial charge is 0.191 e. The average molecular weight is 406 g/mol. The first-order chi connectivity index (χ1) is 14.7. The van der Waals surface area contributed by atoms with Crippen LogP contribution in [0.3, 0.4) is 0 Å². The summed E-state index contributed by atoms with van der Waals surface area (Å²) in [5, 5.41) is 6.71. The van der Waals surface area contributed by atoms with Crippen molar-refractivity contribution in [2.75, 3.05) is 13.2 Å². The molecule has 30 heavy (non-hydrogen) atoms. The summed E-state index contributed by atoms with van der Waals surface area (Å²) in [4.78, 5) is 9.26. The summed E-state index contributed by atoms with van der Waals surface area (Å²) in [5.74, 6) is 2.63. The Morgan fingerprint density at radius 1 is 1.10 bits per heavy atom. The third kappa shape index (κ3) is 6.11. The molecule has 0 amide bonds. The molecular weight excluding hydrogens is 374 g/mol. The molecule has 0 fully saturated rings. The number of nitrogens with zero attached hydrogens (tertiary/aromatic N) is 3. The first-order valence-corrected chi connectivity index (χ1v) is 10.5. The Balaban J connectivity index is 1.66. The zero-order valence-electron chi connectivity index (χ0n) is 18.1. The van der Waals surface area contributed by atoms with E-state index in [9.17, 15) is 0 Å². The van der Waals surface area contributed by atoms with E-state index < -0.39 is 0 Å². The van der Waals surface area contributed by atoms with E-state index in [1.165, 1.54) is 11.1 Å². The molecule has 1 aromatic heterocycles. The normalized spacial score (nSPS) is 11.4. The number of imidazole rings is 1. The number of aliphatic imine (C=N–C) groups is 1. The number of aromatic nitrogens is 2. The molecule has 158 valence electrons. The van der Waals surface area contributed by atoms with Crippen molar-refractivity contribution in [1.82, 2.24) is 20.2 Å². The van der Waals surface area contributed by atoms with E-state index in [0.717, 1.165) is 36.2 Å². The summed E-state index contributed by atoms with van der Waals surface area (Å²) in [6.07, 6.45) is 3.85. The molecule has 3 aromatic rings. The monoisotopic (exact) mass is 405 g/mol. The third-order valence-corrected chi connectivity index (χ3v) is 4.69. The van der Waals surface area contributed by atoms with Crippen LogP contribution in [0.2, 0.25) is 0 Å². The van der Waals surface area contributed by atoms with E-state index in [1.807, 2.05) is 25.4 Å². The Bertz CT molecular complexity index is 949. The Kier molecular flexibility index (Phi) is 7.89. The zero-order chi connectivity index (χ0) is 21.2. The number of nitrogens with one attached hydrogen (secondary N) is 2. The van der Waals surface area contributed by atoms with Crippen molar-refractivity contribution in [3.8, 4) is 5.75 Å². The molecule has 0 unspecified atom stereocenters. The fraction of sp³-hybridized carbons (Fsp3) is 0.333. The number of guanidine groups is 1. The molecule has 2 aromatic carbocycles. The van der Waals surface area contributed by atoms with Crippen molar-refractivity contribution in [1.29, 1.82) is 0 Å². The van der Waals surface area contributed by atoms with Gasteiger partial charge in [0.1, 0.15) is 11.6 Å². The van der Waals surface area contributed by atoms with Crippen molar-refractivity contribution >= 4 is 5.96 Å². The van der Waals surface area contributed by atoms with Gasteiger partial charge in [0, 0.05) is 31.0 Å². The molecule has 0 aliphatic rings. The molecule has 0 spiro atoms. The molecule has 3 rings (SSSR count). The topological polar surface area (TPSA) is 63.5 Å². The molecule has 0 aliphatic heterocycles. The fourth-order valence-corrected chi connectivity index (χ4v) is 3.18. The molecule has 0 saturated carbocycles. The van der Waals surface area contributed by atoms with Gasteiger partial charge in [0.15, 0.2) is 5.96 Å². The van der Waals surface area contributed by atoms with Crippen LogP contribution in [-0.4, -0.2) is 28.7 Å². The third-order valence-electron chi connectivity index (χ3n) is 4.69. The molecule has 1 heterocycles. The van der Waals surface area contributed by atoms with E-state index in [0.29, 0.717) is 19.7 Å². The number of hydrogen-bond acceptors (Lipinski definition) is 3. The van der Waals surface area contributed by atoms with Crippen LogP contribution in [0, 0.1) is 6.92 Å². The van der Waals surface area contributed by atoms with E-state index in [1.54, 1.807) is 0 Å². The second-order valence-corrected chi connectivity index (χ2v) is 7.05. The summed E-state index contributed by atoms with van der Waals surface area (Å²) in [5.41, 5.74) is 3.51. The molecule has 6 nitrogen and oxygen atoms in total. The fourth-order valence-electron chi connectivity index (χ4n) is 3.18. The summed E-state index contributed by atoms with van der Waals surface area (Å²) >= 11 is 0. The van der Waals surface area contributed by atoms with Gasteiger partial charge >= 0.3 is 0 Å². The summed E-state index contributed by atoms with van der Waals surface area (Å²) in [6.45, 7) is 9.50. The van der Waals surface area contributed by atoms with Crippen molar-refractivity contribution in [2.24, 2.45) is 4.99 Å². The number of benzene rings is 2. The SMILES string of the molecule is CCNC(=NCc1ccc(C)cc1OCC)NCc1nccn1Cc1ccccc1. The van der Waals surface area contributed by atoms with Gasteiger partial charge in [0.2, 0.25) is 0 Å². The standard InChI is InChI=1S/C24H31N5O/c1-4-25-24(27-16-21-12-11-19(3)15-22(21)30-5-2)28-17-23-26-13-14-29(23)18-20-9-7-6-8-10-20/h6-15H,4-5,16-18H2,1-3H3,(H2,25,27,28). The van der Waals surface area contributed by atoms with Crippen LogP contribution in [0.5, 0.6) is 5.75 Å². The van der Waals surface area contributed by atoms with Gasteiger partial charge in [-0.25, -0.2) is 9.98 Å². The average Bonchev–Trinajstić information content (AvgIpc) is 3.19. The maximum absolute atomic E-state index is 5.78. The summed E-state index contributed by atoms with van der Waals surface area (Å²) in [6, 6.07) is 16.6. The lowest BCUT2D eigenvalue weighted by Crippen LogP contribution is -2.37. The van der Waals surface area contributed by atoms with E-state index in [4.69, 9.17) is 9.73 Å². The highest BCUT2D eigenvalue weighted by Crippen LogP contribution is 2.21. The minimum atomic E-state index is 0.545. The van der Waals surface area contributed by atoms with Gasteiger partial charge in [-0.3, -0.25) is 0 Å². The molecule has 0 saturated heterocycles. The second kappa shape index (κ2) is 11.0. The first kappa shape index (κ1) is 21.4. The van der Waals surface area contributed by atoms with Gasteiger partial charge in [-0.05, 0) is 38.0 Å². The molecule has 0 atom stereocenters.